The number of rotatable bonds is 13. The molecule has 13 nitrogen and oxygen atoms in total. The molecule has 4 aromatic carbocycles. The van der Waals surface area contributed by atoms with Crippen LogP contribution in [-0.4, -0.2) is 66.5 Å². The molecule has 0 spiro atoms. The van der Waals surface area contributed by atoms with Crippen molar-refractivity contribution in [2.24, 2.45) is 5.73 Å². The molecule has 0 saturated heterocycles. The summed E-state index contributed by atoms with van der Waals surface area (Å²) in [5.41, 5.74) is 14.1. The Morgan fingerprint density at radius 3 is 1.62 bits per heavy atom. The van der Waals surface area contributed by atoms with E-state index in [2.05, 4.69) is 14.5 Å². The van der Waals surface area contributed by atoms with Gasteiger partial charge < -0.3 is 44.6 Å². The van der Waals surface area contributed by atoms with Gasteiger partial charge in [-0.25, -0.2) is 4.98 Å². The first-order chi connectivity index (χ1) is 26.6. The number of nitrogens with two attached hydrogens (primary N) is 1. The summed E-state index contributed by atoms with van der Waals surface area (Å²) in [6, 6.07) is 33.6. The highest BCUT2D eigenvalue weighted by atomic mass is 16.5. The quantitative estimate of drug-likeness (QED) is 0.0825. The number of aryl methyl sites for hydroxylation is 2. The molecule has 0 aliphatic heterocycles. The lowest BCUT2D eigenvalue weighted by molar-refractivity contribution is -0.138. The van der Waals surface area contributed by atoms with Crippen LogP contribution in [0.5, 0.6) is 17.2 Å². The zero-order chi connectivity index (χ0) is 39.1. The molecule has 6 N–H and O–H groups in total. The van der Waals surface area contributed by atoms with Gasteiger partial charge in [-0.1, -0.05) is 0 Å². The number of aromatic hydroxyl groups is 1. The van der Waals surface area contributed by atoms with E-state index in [-0.39, 0.29) is 24.2 Å². The maximum Gasteiger partial charge on any atom is 0.303 e. The van der Waals surface area contributed by atoms with Crippen LogP contribution in [0.2, 0.25) is 0 Å². The molecule has 3 heterocycles. The summed E-state index contributed by atoms with van der Waals surface area (Å²) in [6.07, 6.45) is 2.48. The number of carbonyl (C=O) groups is 3. The van der Waals surface area contributed by atoms with E-state index in [9.17, 15) is 19.5 Å². The first kappa shape index (κ1) is 37.5. The number of nitrogens with zero attached hydrogens (tertiary/aromatic N) is 3. The summed E-state index contributed by atoms with van der Waals surface area (Å²) in [6.45, 7) is 0. The molecule has 0 fully saturated rings. The summed E-state index contributed by atoms with van der Waals surface area (Å²) in [5.74, 6) is -1.15. The number of hydrogen-bond acceptors (Lipinski definition) is 7. The minimum atomic E-state index is -0.898. The zero-order valence-electron chi connectivity index (χ0n) is 30.1. The molecule has 0 aliphatic rings. The number of phenols is 1. The summed E-state index contributed by atoms with van der Waals surface area (Å²) < 4.78 is 14.4. The van der Waals surface area contributed by atoms with E-state index in [0.29, 0.717) is 18.5 Å². The van der Waals surface area contributed by atoms with Crippen molar-refractivity contribution in [3.8, 4) is 51.1 Å². The molecule has 0 atom stereocenters. The number of aromatic nitrogens is 4. The Morgan fingerprint density at radius 1 is 0.673 bits per heavy atom. The summed E-state index contributed by atoms with van der Waals surface area (Å²) in [4.78, 5) is 40.9. The SMILES string of the molecule is COc1ccc(-c2ccc(CCC(=O)O)n2-c2ccc(C(N)=O)c(O)c2)cc1.COc1ccc(-c2ccc(CCC(=O)O)n2-c2ccc3nc[nH]c3c2)cc1. The van der Waals surface area contributed by atoms with Crippen LogP contribution in [0.4, 0.5) is 0 Å². The van der Waals surface area contributed by atoms with Gasteiger partial charge in [0.15, 0.2) is 0 Å². The molecule has 7 rings (SSSR count). The number of carboxylic acid groups (broad SMARTS) is 2. The molecule has 280 valence electrons. The van der Waals surface area contributed by atoms with Crippen LogP contribution in [0, 0.1) is 0 Å². The van der Waals surface area contributed by atoms with Crippen molar-refractivity contribution < 1.29 is 39.2 Å². The Kier molecular flexibility index (Phi) is 11.3. The Bertz CT molecular complexity index is 2460. The molecule has 3 aromatic heterocycles. The molecule has 0 unspecified atom stereocenters. The van der Waals surface area contributed by atoms with Crippen molar-refractivity contribution in [3.63, 3.8) is 0 Å². The third-order valence-electron chi connectivity index (χ3n) is 9.05. The number of hydrogen-bond donors (Lipinski definition) is 5. The number of ether oxygens (including phenoxy) is 2. The van der Waals surface area contributed by atoms with Gasteiger partial charge in [0.05, 0.1) is 61.4 Å². The van der Waals surface area contributed by atoms with Gasteiger partial charge in [-0.2, -0.15) is 0 Å². The smallest absolute Gasteiger partial charge is 0.303 e. The number of H-pyrrole nitrogens is 1. The van der Waals surface area contributed by atoms with Gasteiger partial charge in [0.1, 0.15) is 17.2 Å². The van der Waals surface area contributed by atoms with Crippen molar-refractivity contribution in [1.29, 1.82) is 0 Å². The van der Waals surface area contributed by atoms with Gasteiger partial charge in [0, 0.05) is 28.8 Å². The Balaban J connectivity index is 0.000000187. The van der Waals surface area contributed by atoms with E-state index in [1.54, 1.807) is 26.6 Å². The number of carbonyl (C=O) groups excluding carboxylic acids is 1. The molecular formula is C42H39N5O8. The largest absolute Gasteiger partial charge is 0.507 e. The van der Waals surface area contributed by atoms with Crippen LogP contribution < -0.4 is 15.2 Å². The van der Waals surface area contributed by atoms with Crippen molar-refractivity contribution >= 4 is 28.9 Å². The highest BCUT2D eigenvalue weighted by molar-refractivity contribution is 5.95. The summed E-state index contributed by atoms with van der Waals surface area (Å²) in [7, 11) is 3.23. The number of carboxylic acids is 2. The van der Waals surface area contributed by atoms with Crippen LogP contribution in [0.25, 0.3) is 44.9 Å². The van der Waals surface area contributed by atoms with E-state index in [4.69, 9.17) is 25.4 Å². The van der Waals surface area contributed by atoms with Gasteiger partial charge in [-0.3, -0.25) is 14.4 Å². The average Bonchev–Trinajstić information content (AvgIpc) is 3.95. The lowest BCUT2D eigenvalue weighted by Crippen LogP contribution is -2.11. The van der Waals surface area contributed by atoms with Gasteiger partial charge in [-0.05, 0) is 127 Å². The Hall–Kier alpha value is -7.28. The number of fused-ring (bicyclic) bond motifs is 1. The molecular weight excluding hydrogens is 702 g/mol. The van der Waals surface area contributed by atoms with Crippen molar-refractivity contribution in [2.45, 2.75) is 25.7 Å². The minimum Gasteiger partial charge on any atom is -0.507 e. The van der Waals surface area contributed by atoms with E-state index in [0.717, 1.165) is 62.1 Å². The van der Waals surface area contributed by atoms with Gasteiger partial charge in [0.2, 0.25) is 0 Å². The number of nitrogens with one attached hydrogen (secondary N) is 1. The number of methoxy groups -OCH3 is 2. The van der Waals surface area contributed by atoms with E-state index >= 15 is 0 Å². The second-order valence-electron chi connectivity index (χ2n) is 12.5. The molecule has 13 heteroatoms. The fourth-order valence-corrected chi connectivity index (χ4v) is 6.33. The predicted octanol–water partition coefficient (Wildman–Crippen LogP) is 7.02. The number of benzene rings is 4. The first-order valence-corrected chi connectivity index (χ1v) is 17.3. The second kappa shape index (κ2) is 16.6. The maximum atomic E-state index is 11.4. The average molecular weight is 742 g/mol. The molecule has 0 aliphatic carbocycles. The number of primary amides is 1. The van der Waals surface area contributed by atoms with Gasteiger partial charge in [0.25, 0.3) is 5.91 Å². The van der Waals surface area contributed by atoms with Crippen molar-refractivity contribution in [3.05, 3.63) is 132 Å². The topological polar surface area (TPSA) is 195 Å². The molecule has 0 saturated carbocycles. The molecule has 7 aromatic rings. The fourth-order valence-electron chi connectivity index (χ4n) is 6.33. The standard InChI is InChI=1S/C21H19N3O3.C21H20N2O5/c1-27-17-7-2-14(3-8-17)20-10-5-15(6-11-21(25)26)24(20)16-4-9-18-19(12-16)23-13-22-18;1-28-16-7-2-13(3-8-16)18-10-5-14(6-11-20(25)26)23(18)15-4-9-17(21(22)27)19(24)12-15/h2-5,7-10,12-13H,6,11H2,1H3,(H,22,23)(H,25,26);2-5,7-10,12,24H,6,11H2,1H3,(H2,22,27)(H,25,26). The van der Waals surface area contributed by atoms with Crippen LogP contribution in [0.1, 0.15) is 34.6 Å². The summed E-state index contributed by atoms with van der Waals surface area (Å²) >= 11 is 0. The predicted molar refractivity (Wildman–Crippen MR) is 207 cm³/mol. The highest BCUT2D eigenvalue weighted by Gasteiger charge is 2.17. The number of imidazole rings is 1. The molecule has 0 radical (unpaired) electrons. The second-order valence-corrected chi connectivity index (χ2v) is 12.5. The van der Waals surface area contributed by atoms with E-state index in [1.165, 1.54) is 12.1 Å². The molecule has 1 amide bonds. The number of aliphatic carboxylic acids is 2. The lowest BCUT2D eigenvalue weighted by Gasteiger charge is -2.15. The first-order valence-electron chi connectivity index (χ1n) is 17.3. The molecule has 0 bridgehead atoms. The zero-order valence-corrected chi connectivity index (χ0v) is 30.1. The normalized spacial score (nSPS) is 10.8. The number of amides is 1. The summed E-state index contributed by atoms with van der Waals surface area (Å²) in [5, 5.41) is 28.3. The molecule has 55 heavy (non-hydrogen) atoms. The Labute approximate surface area is 315 Å². The monoisotopic (exact) mass is 741 g/mol. The van der Waals surface area contributed by atoms with E-state index < -0.39 is 17.8 Å². The lowest BCUT2D eigenvalue weighted by atomic mass is 10.1. The maximum absolute atomic E-state index is 11.4. The highest BCUT2D eigenvalue weighted by Crippen LogP contribution is 2.32. The van der Waals surface area contributed by atoms with Crippen LogP contribution in [-0.2, 0) is 22.4 Å². The van der Waals surface area contributed by atoms with Crippen molar-refractivity contribution in [2.75, 3.05) is 14.2 Å². The van der Waals surface area contributed by atoms with Crippen LogP contribution in [0.3, 0.4) is 0 Å². The van der Waals surface area contributed by atoms with Gasteiger partial charge in [-0.15, -0.1) is 0 Å². The van der Waals surface area contributed by atoms with Crippen LogP contribution >= 0.6 is 0 Å². The van der Waals surface area contributed by atoms with Gasteiger partial charge >= 0.3 is 11.9 Å². The minimum absolute atomic E-state index is 0.0222. The Morgan fingerprint density at radius 2 is 1.16 bits per heavy atom. The third kappa shape index (κ3) is 8.52. The third-order valence-corrected chi connectivity index (χ3v) is 9.05. The van der Waals surface area contributed by atoms with Crippen molar-refractivity contribution in [1.82, 2.24) is 19.1 Å². The fraction of sp³-hybridized carbons (Fsp3) is 0.143. The van der Waals surface area contributed by atoms with E-state index in [1.807, 2.05) is 95.6 Å². The van der Waals surface area contributed by atoms with Crippen LogP contribution in [0.15, 0.2) is 116 Å². The number of aromatic amines is 1.